The maximum atomic E-state index is 5.98. The van der Waals surface area contributed by atoms with Gasteiger partial charge in [-0.3, -0.25) is 10.1 Å². The quantitative estimate of drug-likeness (QED) is 0.330. The molecule has 5 heteroatoms. The fourth-order valence-corrected chi connectivity index (χ4v) is 3.45. The summed E-state index contributed by atoms with van der Waals surface area (Å²) in [6, 6.07) is 24.2. The molecule has 0 aliphatic heterocycles. The largest absolute Gasteiger partial charge is 0.487 e. The third kappa shape index (κ3) is 4.68. The Kier molecular flexibility index (Phi) is 5.62. The van der Waals surface area contributed by atoms with E-state index in [1.54, 1.807) is 6.20 Å². The Morgan fingerprint density at radius 3 is 2.72 bits per heavy atom. The van der Waals surface area contributed by atoms with E-state index in [0.717, 1.165) is 39.5 Å². The zero-order valence-corrected chi connectivity index (χ0v) is 17.4. The second-order valence-electron chi connectivity index (χ2n) is 7.39. The molecule has 3 heterocycles. The monoisotopic (exact) mass is 418 g/mol. The molecule has 0 bridgehead atoms. The van der Waals surface area contributed by atoms with Gasteiger partial charge >= 0.3 is 0 Å². The van der Waals surface area contributed by atoms with E-state index in [0.29, 0.717) is 6.61 Å². The number of hydrogen-bond acceptors (Lipinski definition) is 3. The molecule has 156 valence electrons. The molecule has 0 saturated heterocycles. The lowest BCUT2D eigenvalue weighted by atomic mass is 10.1. The Labute approximate surface area is 186 Å². The second-order valence-corrected chi connectivity index (χ2v) is 7.39. The zero-order chi connectivity index (χ0) is 21.6. The van der Waals surface area contributed by atoms with Crippen molar-refractivity contribution in [2.45, 2.75) is 6.61 Å². The van der Waals surface area contributed by atoms with Crippen LogP contribution in [0.3, 0.4) is 0 Å². The van der Waals surface area contributed by atoms with Crippen molar-refractivity contribution in [2.75, 3.05) is 0 Å². The van der Waals surface area contributed by atoms with Crippen LogP contribution in [0.4, 0.5) is 0 Å². The predicted octanol–water partition coefficient (Wildman–Crippen LogP) is 6.21. The van der Waals surface area contributed by atoms with E-state index in [9.17, 15) is 0 Å². The normalized spacial score (nSPS) is 11.6. The number of pyridine rings is 1. The summed E-state index contributed by atoms with van der Waals surface area (Å²) >= 11 is 0. The van der Waals surface area contributed by atoms with Crippen molar-refractivity contribution in [2.24, 2.45) is 0 Å². The number of nitrogens with zero attached hydrogens (tertiary/aromatic N) is 2. The fraction of sp³-hybridized carbons (Fsp3) is 0.0370. The van der Waals surface area contributed by atoms with Crippen molar-refractivity contribution < 1.29 is 4.74 Å². The number of hydrogen-bond donors (Lipinski definition) is 2. The molecule has 0 spiro atoms. The highest BCUT2D eigenvalue weighted by Gasteiger charge is 2.02. The zero-order valence-electron chi connectivity index (χ0n) is 17.4. The van der Waals surface area contributed by atoms with Gasteiger partial charge in [-0.2, -0.15) is 5.10 Å². The van der Waals surface area contributed by atoms with E-state index in [4.69, 9.17) is 4.74 Å². The van der Waals surface area contributed by atoms with E-state index in [2.05, 4.69) is 50.5 Å². The average molecular weight is 419 g/mol. The number of rotatable bonds is 7. The van der Waals surface area contributed by atoms with Crippen LogP contribution in [0.5, 0.6) is 5.75 Å². The minimum atomic E-state index is 0.430. The highest BCUT2D eigenvalue weighted by Crippen LogP contribution is 2.22. The molecule has 2 N–H and O–H groups in total. The van der Waals surface area contributed by atoms with Crippen LogP contribution in [0, 0.1) is 0 Å². The van der Waals surface area contributed by atoms with Crippen molar-refractivity contribution >= 4 is 35.2 Å². The van der Waals surface area contributed by atoms with Crippen LogP contribution in [0.1, 0.15) is 28.2 Å². The smallest absolute Gasteiger partial charge is 0.130 e. The van der Waals surface area contributed by atoms with Crippen molar-refractivity contribution in [1.82, 2.24) is 20.2 Å². The van der Waals surface area contributed by atoms with Gasteiger partial charge in [-0.15, -0.1) is 0 Å². The van der Waals surface area contributed by atoms with Gasteiger partial charge in [0.15, 0.2) is 0 Å². The number of benzene rings is 2. The Morgan fingerprint density at radius 2 is 1.78 bits per heavy atom. The highest BCUT2D eigenvalue weighted by atomic mass is 16.5. The SMILES string of the molecule is C(=C\c1cc(/C=C/c2ccccc2OCc2ccccn2)[nH]n1)/c1ccc2[nH]ccc2c1. The number of nitrogens with one attached hydrogen (secondary N) is 2. The standard InChI is InChI=1S/C27H22N4O/c1-2-7-27(32-19-25-6-3-4-15-28-25)21(5-1)10-12-24-18-23(30-31-24)11-8-20-9-13-26-22(17-20)14-16-29-26/h1-18,29H,19H2,(H,30,31)/b11-8+,12-10+. The third-order valence-corrected chi connectivity index (χ3v) is 5.10. The fourth-order valence-electron chi connectivity index (χ4n) is 3.45. The lowest BCUT2D eigenvalue weighted by Gasteiger charge is -2.08. The topological polar surface area (TPSA) is 66.6 Å². The van der Waals surface area contributed by atoms with Gasteiger partial charge in [-0.1, -0.05) is 36.4 Å². The van der Waals surface area contributed by atoms with Crippen molar-refractivity contribution in [1.29, 1.82) is 0 Å². The molecule has 0 aliphatic rings. The summed E-state index contributed by atoms with van der Waals surface area (Å²) in [4.78, 5) is 7.52. The van der Waals surface area contributed by atoms with Crippen LogP contribution in [-0.2, 0) is 6.61 Å². The lowest BCUT2D eigenvalue weighted by Crippen LogP contribution is -1.98. The summed E-state index contributed by atoms with van der Waals surface area (Å²) in [5.74, 6) is 0.814. The van der Waals surface area contributed by atoms with Crippen LogP contribution in [0.15, 0.2) is 85.2 Å². The molecule has 3 aromatic heterocycles. The Hall–Kier alpha value is -4.38. The molecular formula is C27H22N4O. The molecule has 0 radical (unpaired) electrons. The Bertz CT molecular complexity index is 1380. The lowest BCUT2D eigenvalue weighted by molar-refractivity contribution is 0.300. The minimum Gasteiger partial charge on any atom is -0.487 e. The molecule has 5 nitrogen and oxygen atoms in total. The summed E-state index contributed by atoms with van der Waals surface area (Å²) in [5.41, 5.74) is 5.96. The van der Waals surface area contributed by atoms with E-state index in [1.807, 2.05) is 73.0 Å². The molecule has 0 unspecified atom stereocenters. The highest BCUT2D eigenvalue weighted by molar-refractivity contribution is 5.83. The van der Waals surface area contributed by atoms with Gasteiger partial charge < -0.3 is 9.72 Å². The van der Waals surface area contributed by atoms with Crippen LogP contribution < -0.4 is 4.74 Å². The summed E-state index contributed by atoms with van der Waals surface area (Å²) in [6.45, 7) is 0.430. The van der Waals surface area contributed by atoms with Gasteiger partial charge in [0.1, 0.15) is 12.4 Å². The van der Waals surface area contributed by atoms with Crippen LogP contribution >= 0.6 is 0 Å². The summed E-state index contributed by atoms with van der Waals surface area (Å²) < 4.78 is 5.98. The van der Waals surface area contributed by atoms with Gasteiger partial charge in [0.2, 0.25) is 0 Å². The van der Waals surface area contributed by atoms with Crippen LogP contribution in [0.25, 0.3) is 35.2 Å². The molecule has 0 atom stereocenters. The first kappa shape index (κ1) is 19.6. The van der Waals surface area contributed by atoms with Gasteiger partial charge in [-0.05, 0) is 71.6 Å². The van der Waals surface area contributed by atoms with E-state index < -0.39 is 0 Å². The number of aromatic amines is 2. The molecule has 5 rings (SSSR count). The van der Waals surface area contributed by atoms with Crippen molar-refractivity contribution in [3.8, 4) is 5.75 Å². The first-order valence-corrected chi connectivity index (χ1v) is 10.4. The predicted molar refractivity (Wildman–Crippen MR) is 130 cm³/mol. The van der Waals surface area contributed by atoms with E-state index >= 15 is 0 Å². The second kappa shape index (κ2) is 9.18. The molecular weight excluding hydrogens is 396 g/mol. The molecule has 0 saturated carbocycles. The Balaban J connectivity index is 1.26. The first-order chi connectivity index (χ1) is 15.8. The summed E-state index contributed by atoms with van der Waals surface area (Å²) in [5, 5.41) is 8.65. The number of H-pyrrole nitrogens is 2. The van der Waals surface area contributed by atoms with Crippen molar-refractivity contribution in [3.63, 3.8) is 0 Å². The number of ether oxygens (including phenoxy) is 1. The molecule has 0 aliphatic carbocycles. The van der Waals surface area contributed by atoms with E-state index in [-0.39, 0.29) is 0 Å². The maximum absolute atomic E-state index is 5.98. The number of aromatic nitrogens is 4. The van der Waals surface area contributed by atoms with E-state index in [1.165, 1.54) is 5.39 Å². The average Bonchev–Trinajstić information content (AvgIpc) is 3.50. The Morgan fingerprint density at radius 1 is 0.844 bits per heavy atom. The maximum Gasteiger partial charge on any atom is 0.130 e. The summed E-state index contributed by atoms with van der Waals surface area (Å²) in [6.07, 6.45) is 11.8. The third-order valence-electron chi connectivity index (χ3n) is 5.10. The number of para-hydroxylation sites is 1. The molecule has 0 amide bonds. The van der Waals surface area contributed by atoms with Crippen molar-refractivity contribution in [3.05, 3.63) is 113 Å². The van der Waals surface area contributed by atoms with Gasteiger partial charge in [0.25, 0.3) is 0 Å². The minimum absolute atomic E-state index is 0.430. The molecule has 5 aromatic rings. The summed E-state index contributed by atoms with van der Waals surface area (Å²) in [7, 11) is 0. The molecule has 2 aromatic carbocycles. The van der Waals surface area contributed by atoms with Crippen LogP contribution in [-0.4, -0.2) is 20.2 Å². The first-order valence-electron chi connectivity index (χ1n) is 10.4. The number of fused-ring (bicyclic) bond motifs is 1. The van der Waals surface area contributed by atoms with Crippen LogP contribution in [0.2, 0.25) is 0 Å². The van der Waals surface area contributed by atoms with Gasteiger partial charge in [0, 0.05) is 23.5 Å². The van der Waals surface area contributed by atoms with Gasteiger partial charge in [-0.25, -0.2) is 0 Å². The van der Waals surface area contributed by atoms with Gasteiger partial charge in [0.05, 0.1) is 17.1 Å². The molecule has 32 heavy (non-hydrogen) atoms. The molecule has 0 fully saturated rings.